The van der Waals surface area contributed by atoms with Gasteiger partial charge in [0.15, 0.2) is 0 Å². The van der Waals surface area contributed by atoms with Crippen LogP contribution in [0.5, 0.6) is 0 Å². The summed E-state index contributed by atoms with van der Waals surface area (Å²) in [5, 5.41) is 9.77. The summed E-state index contributed by atoms with van der Waals surface area (Å²) in [7, 11) is 0. The molecule has 0 spiro atoms. The molecule has 2 rings (SSSR count). The first-order valence-electron chi connectivity index (χ1n) is 4.06. The van der Waals surface area contributed by atoms with E-state index in [-0.39, 0.29) is 0 Å². The molecule has 1 aromatic heterocycles. The number of hydrogen-bond acceptors (Lipinski definition) is 2. The van der Waals surface area contributed by atoms with E-state index in [1.54, 1.807) is 6.07 Å². The van der Waals surface area contributed by atoms with Gasteiger partial charge in [0.25, 0.3) is 0 Å². The minimum absolute atomic E-state index is 0.472. The first kappa shape index (κ1) is 7.84. The lowest BCUT2D eigenvalue weighted by molar-refractivity contribution is 1.02. The highest BCUT2D eigenvalue weighted by molar-refractivity contribution is 5.86. The molecular weight excluding hydrogens is 162 g/mol. The van der Waals surface area contributed by atoms with E-state index in [0.717, 1.165) is 16.6 Å². The van der Waals surface area contributed by atoms with Gasteiger partial charge in [0.2, 0.25) is 0 Å². The molecule has 1 heterocycles. The van der Waals surface area contributed by atoms with Crippen LogP contribution in [0.2, 0.25) is 0 Å². The summed E-state index contributed by atoms with van der Waals surface area (Å²) >= 11 is 0. The third-order valence-electron chi connectivity index (χ3n) is 2.06. The van der Waals surface area contributed by atoms with Gasteiger partial charge in [-0.3, -0.25) is 0 Å². The zero-order valence-corrected chi connectivity index (χ0v) is 7.04. The van der Waals surface area contributed by atoms with Crippen LogP contribution in [-0.4, -0.2) is 4.98 Å². The molecule has 0 saturated carbocycles. The summed E-state index contributed by atoms with van der Waals surface area (Å²) in [6.45, 7) is 0.472. The number of nitriles is 1. The molecule has 1 aromatic carbocycles. The predicted octanol–water partition coefficient (Wildman–Crippen LogP) is 1.50. The highest BCUT2D eigenvalue weighted by atomic mass is 14.7. The Morgan fingerprint density at radius 3 is 3.00 bits per heavy atom. The van der Waals surface area contributed by atoms with Gasteiger partial charge >= 0.3 is 0 Å². The zero-order chi connectivity index (χ0) is 9.26. The molecule has 0 atom stereocenters. The third-order valence-corrected chi connectivity index (χ3v) is 2.06. The molecule has 0 bridgehead atoms. The predicted molar refractivity (Wildman–Crippen MR) is 50.9 cm³/mol. The van der Waals surface area contributed by atoms with E-state index in [2.05, 4.69) is 11.1 Å². The number of rotatable bonds is 1. The van der Waals surface area contributed by atoms with Gasteiger partial charge < -0.3 is 10.7 Å². The summed E-state index contributed by atoms with van der Waals surface area (Å²) < 4.78 is 0. The second kappa shape index (κ2) is 2.92. The van der Waals surface area contributed by atoms with Crippen LogP contribution in [0, 0.1) is 11.3 Å². The zero-order valence-electron chi connectivity index (χ0n) is 7.04. The van der Waals surface area contributed by atoms with Crippen LogP contribution >= 0.6 is 0 Å². The van der Waals surface area contributed by atoms with Gasteiger partial charge in [-0.05, 0) is 18.2 Å². The van der Waals surface area contributed by atoms with E-state index in [4.69, 9.17) is 11.0 Å². The fraction of sp³-hybridized carbons (Fsp3) is 0.100. The molecule has 0 aliphatic rings. The molecular formula is C10H9N3. The van der Waals surface area contributed by atoms with E-state index in [0.29, 0.717) is 12.1 Å². The second-order valence-corrected chi connectivity index (χ2v) is 2.88. The SMILES string of the molecule is N#Cc1cccc2[nH]c(CN)cc12. The fourth-order valence-corrected chi connectivity index (χ4v) is 1.42. The summed E-state index contributed by atoms with van der Waals surface area (Å²) in [4.78, 5) is 3.14. The van der Waals surface area contributed by atoms with Gasteiger partial charge in [-0.25, -0.2) is 0 Å². The number of nitrogens with one attached hydrogen (secondary N) is 1. The summed E-state index contributed by atoms with van der Waals surface area (Å²) in [5.41, 5.74) is 8.11. The molecule has 0 aliphatic carbocycles. The molecule has 0 amide bonds. The molecule has 0 fully saturated rings. The molecule has 0 radical (unpaired) electrons. The molecule has 64 valence electrons. The Kier molecular flexibility index (Phi) is 1.76. The molecule has 3 N–H and O–H groups in total. The standard InChI is InChI=1S/C10H9N3/c11-5-7-2-1-3-10-9(7)4-8(6-12)13-10/h1-4,13H,6,12H2. The smallest absolute Gasteiger partial charge is 0.0998 e. The first-order chi connectivity index (χ1) is 6.35. The molecule has 2 aromatic rings. The molecule has 3 heteroatoms. The molecule has 13 heavy (non-hydrogen) atoms. The maximum Gasteiger partial charge on any atom is 0.0998 e. The van der Waals surface area contributed by atoms with Crippen molar-refractivity contribution < 1.29 is 0 Å². The minimum Gasteiger partial charge on any atom is -0.357 e. The van der Waals surface area contributed by atoms with Crippen molar-refractivity contribution in [2.24, 2.45) is 5.73 Å². The van der Waals surface area contributed by atoms with Crippen molar-refractivity contribution in [1.29, 1.82) is 5.26 Å². The van der Waals surface area contributed by atoms with Gasteiger partial charge in [0.05, 0.1) is 11.6 Å². The second-order valence-electron chi connectivity index (χ2n) is 2.88. The maximum absolute atomic E-state index is 8.82. The Labute approximate surface area is 75.8 Å². The molecule has 0 aliphatic heterocycles. The van der Waals surface area contributed by atoms with Crippen LogP contribution in [0.4, 0.5) is 0 Å². The van der Waals surface area contributed by atoms with E-state index in [1.165, 1.54) is 0 Å². The fourth-order valence-electron chi connectivity index (χ4n) is 1.42. The monoisotopic (exact) mass is 171 g/mol. The first-order valence-corrected chi connectivity index (χ1v) is 4.06. The number of fused-ring (bicyclic) bond motifs is 1. The van der Waals surface area contributed by atoms with Crippen LogP contribution in [0.25, 0.3) is 10.9 Å². The molecule has 0 saturated heterocycles. The lowest BCUT2D eigenvalue weighted by atomic mass is 10.1. The highest BCUT2D eigenvalue weighted by Crippen LogP contribution is 2.18. The summed E-state index contributed by atoms with van der Waals surface area (Å²) in [6.07, 6.45) is 0. The topological polar surface area (TPSA) is 65.6 Å². The molecule has 0 unspecified atom stereocenters. The van der Waals surface area contributed by atoms with Gasteiger partial charge in [0, 0.05) is 23.1 Å². The lowest BCUT2D eigenvalue weighted by Gasteiger charge is -1.89. The minimum atomic E-state index is 0.472. The van der Waals surface area contributed by atoms with Crippen molar-refractivity contribution in [3.63, 3.8) is 0 Å². The van der Waals surface area contributed by atoms with Crippen molar-refractivity contribution in [2.45, 2.75) is 6.54 Å². The molecule has 3 nitrogen and oxygen atoms in total. The number of H-pyrrole nitrogens is 1. The van der Waals surface area contributed by atoms with E-state index in [1.807, 2.05) is 18.2 Å². The lowest BCUT2D eigenvalue weighted by Crippen LogP contribution is -1.94. The van der Waals surface area contributed by atoms with Gasteiger partial charge in [-0.15, -0.1) is 0 Å². The number of aromatic nitrogens is 1. The Hall–Kier alpha value is -1.79. The number of nitrogens with two attached hydrogens (primary N) is 1. The van der Waals surface area contributed by atoms with Crippen LogP contribution in [0.1, 0.15) is 11.3 Å². The van der Waals surface area contributed by atoms with E-state index in [9.17, 15) is 0 Å². The van der Waals surface area contributed by atoms with Crippen LogP contribution in [0.15, 0.2) is 24.3 Å². The summed E-state index contributed by atoms with van der Waals surface area (Å²) in [6, 6.07) is 9.67. The number of aromatic amines is 1. The van der Waals surface area contributed by atoms with Crippen molar-refractivity contribution in [3.05, 3.63) is 35.5 Å². The average Bonchev–Trinajstić information content (AvgIpc) is 2.59. The van der Waals surface area contributed by atoms with Gasteiger partial charge in [-0.2, -0.15) is 5.26 Å². The Balaban J connectivity index is 2.76. The quantitative estimate of drug-likeness (QED) is 0.682. The Bertz CT molecular complexity index is 476. The van der Waals surface area contributed by atoms with E-state index < -0.39 is 0 Å². The number of nitrogens with zero attached hydrogens (tertiary/aromatic N) is 1. The third kappa shape index (κ3) is 1.17. The van der Waals surface area contributed by atoms with Crippen molar-refractivity contribution in [2.75, 3.05) is 0 Å². The maximum atomic E-state index is 8.82. The van der Waals surface area contributed by atoms with Crippen LogP contribution in [-0.2, 0) is 6.54 Å². The Morgan fingerprint density at radius 1 is 1.46 bits per heavy atom. The number of benzene rings is 1. The highest BCUT2D eigenvalue weighted by Gasteiger charge is 2.02. The van der Waals surface area contributed by atoms with E-state index >= 15 is 0 Å². The normalized spacial score (nSPS) is 10.2. The Morgan fingerprint density at radius 2 is 2.31 bits per heavy atom. The largest absolute Gasteiger partial charge is 0.357 e. The van der Waals surface area contributed by atoms with Crippen LogP contribution in [0.3, 0.4) is 0 Å². The summed E-state index contributed by atoms with van der Waals surface area (Å²) in [5.74, 6) is 0. The van der Waals surface area contributed by atoms with Crippen molar-refractivity contribution >= 4 is 10.9 Å². The van der Waals surface area contributed by atoms with Crippen LogP contribution < -0.4 is 5.73 Å². The van der Waals surface area contributed by atoms with Crippen molar-refractivity contribution in [1.82, 2.24) is 4.98 Å². The average molecular weight is 171 g/mol. The van der Waals surface area contributed by atoms with Gasteiger partial charge in [0.1, 0.15) is 0 Å². The number of hydrogen-bond donors (Lipinski definition) is 2. The van der Waals surface area contributed by atoms with Gasteiger partial charge in [-0.1, -0.05) is 6.07 Å². The van der Waals surface area contributed by atoms with Crippen molar-refractivity contribution in [3.8, 4) is 6.07 Å².